The molecule has 1 unspecified atom stereocenters. The largest absolute Gasteiger partial charge is 0.358 e. The van der Waals surface area contributed by atoms with Gasteiger partial charge in [-0.2, -0.15) is 0 Å². The lowest BCUT2D eigenvalue weighted by atomic mass is 9.89. The van der Waals surface area contributed by atoms with E-state index in [1.54, 1.807) is 18.8 Å². The van der Waals surface area contributed by atoms with Gasteiger partial charge < -0.3 is 5.32 Å². The van der Waals surface area contributed by atoms with Gasteiger partial charge in [-0.25, -0.2) is 0 Å². The fourth-order valence-corrected chi connectivity index (χ4v) is 2.34. The lowest BCUT2D eigenvalue weighted by Gasteiger charge is -2.23. The van der Waals surface area contributed by atoms with Gasteiger partial charge in [0.05, 0.1) is 5.25 Å². The molecule has 0 saturated carbocycles. The van der Waals surface area contributed by atoms with Crippen LogP contribution in [0.3, 0.4) is 0 Å². The van der Waals surface area contributed by atoms with Crippen molar-refractivity contribution in [1.29, 1.82) is 0 Å². The second-order valence-electron chi connectivity index (χ2n) is 3.25. The van der Waals surface area contributed by atoms with E-state index in [0.29, 0.717) is 0 Å². The molecule has 1 N–H and O–H groups in total. The molecule has 3 heteroatoms. The number of thioether (sulfide) groups is 1. The van der Waals surface area contributed by atoms with Crippen molar-refractivity contribution in [2.75, 3.05) is 7.05 Å². The van der Waals surface area contributed by atoms with Gasteiger partial charge in [0.1, 0.15) is 0 Å². The van der Waals surface area contributed by atoms with Crippen LogP contribution in [0, 0.1) is 5.41 Å². The minimum atomic E-state index is 0.00472. The summed E-state index contributed by atoms with van der Waals surface area (Å²) in [6.07, 6.45) is 2.08. The number of carbonyl (C=O) groups is 1. The second kappa shape index (κ2) is 2.89. The van der Waals surface area contributed by atoms with Gasteiger partial charge in [0.15, 0.2) is 0 Å². The third-order valence-electron chi connectivity index (χ3n) is 1.87. The normalized spacial score (nSPS) is 27.0. The van der Waals surface area contributed by atoms with Crippen molar-refractivity contribution in [3.05, 3.63) is 11.5 Å². The SMILES string of the molecule is CNC(=O)C1SC=CC1(C)C. The third-order valence-corrected chi connectivity index (χ3v) is 3.26. The van der Waals surface area contributed by atoms with Crippen LogP contribution in [0.2, 0.25) is 0 Å². The lowest BCUT2D eigenvalue weighted by Crippen LogP contribution is -2.37. The van der Waals surface area contributed by atoms with E-state index in [1.807, 2.05) is 5.41 Å². The number of carbonyl (C=O) groups excluding carboxylic acids is 1. The molecule has 1 aliphatic rings. The van der Waals surface area contributed by atoms with Crippen LogP contribution in [0.5, 0.6) is 0 Å². The first-order chi connectivity index (χ1) is 5.08. The minimum Gasteiger partial charge on any atom is -0.358 e. The Morgan fingerprint density at radius 1 is 1.64 bits per heavy atom. The highest BCUT2D eigenvalue weighted by Crippen LogP contribution is 2.39. The summed E-state index contributed by atoms with van der Waals surface area (Å²) in [6.45, 7) is 4.15. The summed E-state index contributed by atoms with van der Waals surface area (Å²) < 4.78 is 0. The number of allylic oxidation sites excluding steroid dienone is 1. The van der Waals surface area contributed by atoms with E-state index in [9.17, 15) is 4.79 Å². The molecule has 0 fully saturated rings. The molecular formula is C8H13NOS. The first kappa shape index (κ1) is 8.65. The van der Waals surface area contributed by atoms with Gasteiger partial charge in [0, 0.05) is 12.5 Å². The Labute approximate surface area is 71.4 Å². The Hall–Kier alpha value is -0.440. The van der Waals surface area contributed by atoms with E-state index < -0.39 is 0 Å². The topological polar surface area (TPSA) is 29.1 Å². The summed E-state index contributed by atoms with van der Waals surface area (Å²) in [6, 6.07) is 0. The Balaban J connectivity index is 2.69. The zero-order valence-electron chi connectivity index (χ0n) is 7.05. The fraction of sp³-hybridized carbons (Fsp3) is 0.625. The maximum absolute atomic E-state index is 11.3. The highest BCUT2D eigenvalue weighted by Gasteiger charge is 2.35. The average Bonchev–Trinajstić information content (AvgIpc) is 2.28. The maximum atomic E-state index is 11.3. The molecule has 0 aliphatic carbocycles. The van der Waals surface area contributed by atoms with Crippen LogP contribution in [0.4, 0.5) is 0 Å². The molecule has 0 aromatic rings. The molecule has 0 bridgehead atoms. The zero-order valence-corrected chi connectivity index (χ0v) is 7.87. The molecule has 0 radical (unpaired) electrons. The fourth-order valence-electron chi connectivity index (χ4n) is 1.09. The van der Waals surface area contributed by atoms with Crippen LogP contribution >= 0.6 is 11.8 Å². The van der Waals surface area contributed by atoms with Gasteiger partial charge in [-0.1, -0.05) is 19.9 Å². The Morgan fingerprint density at radius 2 is 2.27 bits per heavy atom. The van der Waals surface area contributed by atoms with Crippen molar-refractivity contribution in [3.8, 4) is 0 Å². The van der Waals surface area contributed by atoms with Crippen molar-refractivity contribution in [2.24, 2.45) is 5.41 Å². The molecule has 1 rings (SSSR count). The van der Waals surface area contributed by atoms with E-state index >= 15 is 0 Å². The molecule has 62 valence electrons. The van der Waals surface area contributed by atoms with Crippen LogP contribution in [-0.2, 0) is 4.79 Å². The summed E-state index contributed by atoms with van der Waals surface area (Å²) in [5.74, 6) is 0.116. The van der Waals surface area contributed by atoms with Crippen LogP contribution in [0.25, 0.3) is 0 Å². The second-order valence-corrected chi connectivity index (χ2v) is 4.27. The smallest absolute Gasteiger partial charge is 0.234 e. The molecule has 2 nitrogen and oxygen atoms in total. The van der Waals surface area contributed by atoms with Crippen LogP contribution in [-0.4, -0.2) is 18.2 Å². The number of nitrogens with one attached hydrogen (secondary N) is 1. The Morgan fingerprint density at radius 3 is 2.64 bits per heavy atom. The van der Waals surface area contributed by atoms with Crippen molar-refractivity contribution in [1.82, 2.24) is 5.32 Å². The number of hydrogen-bond donors (Lipinski definition) is 1. The maximum Gasteiger partial charge on any atom is 0.234 e. The van der Waals surface area contributed by atoms with Crippen molar-refractivity contribution in [3.63, 3.8) is 0 Å². The zero-order chi connectivity index (χ0) is 8.48. The molecule has 0 aromatic carbocycles. The Kier molecular flexibility index (Phi) is 2.28. The molecule has 1 aliphatic heterocycles. The average molecular weight is 171 g/mol. The summed E-state index contributed by atoms with van der Waals surface area (Å²) in [5.41, 5.74) is 0.00472. The van der Waals surface area contributed by atoms with E-state index in [2.05, 4.69) is 25.2 Å². The van der Waals surface area contributed by atoms with E-state index in [4.69, 9.17) is 0 Å². The van der Waals surface area contributed by atoms with Crippen LogP contribution in [0.15, 0.2) is 11.5 Å². The van der Waals surface area contributed by atoms with Gasteiger partial charge >= 0.3 is 0 Å². The minimum absolute atomic E-state index is 0.00472. The van der Waals surface area contributed by atoms with E-state index in [-0.39, 0.29) is 16.6 Å². The number of rotatable bonds is 1. The summed E-state index contributed by atoms with van der Waals surface area (Å²) >= 11 is 1.59. The predicted molar refractivity (Wildman–Crippen MR) is 48.4 cm³/mol. The first-order valence-corrected chi connectivity index (χ1v) is 4.57. The molecule has 11 heavy (non-hydrogen) atoms. The van der Waals surface area contributed by atoms with Crippen molar-refractivity contribution < 1.29 is 4.79 Å². The van der Waals surface area contributed by atoms with Gasteiger partial charge in [0.25, 0.3) is 0 Å². The van der Waals surface area contributed by atoms with Gasteiger partial charge in [0.2, 0.25) is 5.91 Å². The van der Waals surface area contributed by atoms with Crippen LogP contribution < -0.4 is 5.32 Å². The van der Waals surface area contributed by atoms with Gasteiger partial charge in [-0.05, 0) is 5.41 Å². The summed E-state index contributed by atoms with van der Waals surface area (Å²) in [7, 11) is 1.68. The molecular weight excluding hydrogens is 158 g/mol. The molecule has 1 heterocycles. The van der Waals surface area contributed by atoms with Crippen molar-refractivity contribution >= 4 is 17.7 Å². The third kappa shape index (κ3) is 1.59. The van der Waals surface area contributed by atoms with E-state index in [1.165, 1.54) is 0 Å². The molecule has 1 atom stereocenters. The van der Waals surface area contributed by atoms with Gasteiger partial charge in [-0.15, -0.1) is 11.8 Å². The number of hydrogen-bond acceptors (Lipinski definition) is 2. The predicted octanol–water partition coefficient (Wildman–Crippen LogP) is 1.39. The monoisotopic (exact) mass is 171 g/mol. The van der Waals surface area contributed by atoms with Crippen molar-refractivity contribution in [2.45, 2.75) is 19.1 Å². The van der Waals surface area contributed by atoms with Crippen LogP contribution in [0.1, 0.15) is 13.8 Å². The Bertz CT molecular complexity index is 198. The molecule has 0 saturated heterocycles. The molecule has 1 amide bonds. The lowest BCUT2D eigenvalue weighted by molar-refractivity contribution is -0.121. The first-order valence-electron chi connectivity index (χ1n) is 3.62. The van der Waals surface area contributed by atoms with E-state index in [0.717, 1.165) is 0 Å². The quantitative estimate of drug-likeness (QED) is 0.646. The molecule has 0 aromatic heterocycles. The standard InChI is InChI=1S/C8H13NOS/c1-8(2)4-5-11-6(8)7(10)9-3/h4-6H,1-3H3,(H,9,10). The summed E-state index contributed by atoms with van der Waals surface area (Å²) in [5, 5.41) is 4.71. The highest BCUT2D eigenvalue weighted by atomic mass is 32.2. The highest BCUT2D eigenvalue weighted by molar-refractivity contribution is 8.03. The number of amides is 1. The van der Waals surface area contributed by atoms with Gasteiger partial charge in [-0.3, -0.25) is 4.79 Å². The summed E-state index contributed by atoms with van der Waals surface area (Å²) in [4.78, 5) is 11.3. The molecule has 0 spiro atoms.